The van der Waals surface area contributed by atoms with E-state index in [-0.39, 0.29) is 57.0 Å². The number of anilines is 1. The third-order valence-corrected chi connectivity index (χ3v) is 13.4. The van der Waals surface area contributed by atoms with Crippen molar-refractivity contribution in [3.8, 4) is 11.5 Å². The predicted molar refractivity (Wildman–Crippen MR) is 236 cm³/mol. The molecule has 9 atom stereocenters. The number of aromatic hydroxyl groups is 1. The number of methoxy groups -OCH3 is 1. The fourth-order valence-electron chi connectivity index (χ4n) is 8.35. The first kappa shape index (κ1) is 45.5. The Morgan fingerprint density at radius 2 is 1.72 bits per heavy atom. The summed E-state index contributed by atoms with van der Waals surface area (Å²) in [5, 5.41) is 37.8. The van der Waals surface area contributed by atoms with Crippen molar-refractivity contribution in [2.45, 2.75) is 105 Å². The number of aliphatic hydroxyl groups is 2. The number of phenolic OH excluding ortho intramolecular Hbond substituents is 1. The molecule has 3 heterocycles. The van der Waals surface area contributed by atoms with Gasteiger partial charge in [0, 0.05) is 61.2 Å². The molecule has 61 heavy (non-hydrogen) atoms. The lowest BCUT2D eigenvalue weighted by Gasteiger charge is -2.38. The number of nitrogens with zero attached hydrogens (tertiary/aromatic N) is 1. The summed E-state index contributed by atoms with van der Waals surface area (Å²) in [6.07, 6.45) is 4.64. The lowest BCUT2D eigenvalue weighted by atomic mass is 9.78. The molecule has 0 fully saturated rings. The van der Waals surface area contributed by atoms with Crippen molar-refractivity contribution < 1.29 is 48.7 Å². The van der Waals surface area contributed by atoms with E-state index in [4.69, 9.17) is 23.9 Å². The second kappa shape index (κ2) is 17.8. The van der Waals surface area contributed by atoms with Crippen molar-refractivity contribution in [2.75, 3.05) is 19.0 Å². The van der Waals surface area contributed by atoms with Gasteiger partial charge in [-0.25, -0.2) is 4.98 Å². The van der Waals surface area contributed by atoms with Crippen molar-refractivity contribution in [3.63, 3.8) is 0 Å². The van der Waals surface area contributed by atoms with Crippen LogP contribution in [0, 0.1) is 30.6 Å². The highest BCUT2D eigenvalue weighted by atomic mass is 32.1. The molecule has 3 aromatic carbocycles. The maximum Gasteiger partial charge on any atom is 0.302 e. The maximum atomic E-state index is 14.6. The summed E-state index contributed by atoms with van der Waals surface area (Å²) >= 11 is 1.26. The number of hydrogen-bond acceptors (Lipinski definition) is 13. The Balaban J connectivity index is 1.56. The molecule has 1 aromatic heterocycles. The SMILES string of the molecule is CO[C@H]1/C=C/CO[C@@]2(C)Oc3c(C)c(=O)c4c(O)c(c5sc6cc(C(C)C)ccc6nc5c4c3C2=O)NC(=O)/C(C)=C\C=C\[C@H](C)[C@H](O)[C@@H](C)[C@@H](O)[C@@H](C)[C@H](OC(C)=O)[C@@H]1C. The third-order valence-electron chi connectivity index (χ3n) is 12.2. The number of amides is 1. The van der Waals surface area contributed by atoms with E-state index in [9.17, 15) is 34.5 Å². The summed E-state index contributed by atoms with van der Waals surface area (Å²) in [5.74, 6) is -6.22. The van der Waals surface area contributed by atoms with Crippen molar-refractivity contribution in [3.05, 3.63) is 81.1 Å². The summed E-state index contributed by atoms with van der Waals surface area (Å²) in [5.41, 5.74) is 1.52. The number of aromatic nitrogens is 1. The van der Waals surface area contributed by atoms with Crippen LogP contribution in [-0.4, -0.2) is 81.9 Å². The quantitative estimate of drug-likeness (QED) is 0.0519. The topological polar surface area (TPSA) is 191 Å². The Kier molecular flexibility index (Phi) is 13.3. The van der Waals surface area contributed by atoms with Gasteiger partial charge in [0.2, 0.25) is 5.78 Å². The summed E-state index contributed by atoms with van der Waals surface area (Å²) < 4.78 is 25.1. The molecule has 0 aliphatic carbocycles. The Labute approximate surface area is 359 Å². The van der Waals surface area contributed by atoms with Gasteiger partial charge in [-0.2, -0.15) is 0 Å². The van der Waals surface area contributed by atoms with Crippen LogP contribution in [-0.2, 0) is 23.8 Å². The first-order valence-corrected chi connectivity index (χ1v) is 21.4. The van der Waals surface area contributed by atoms with Crippen LogP contribution in [0.5, 0.6) is 11.5 Å². The van der Waals surface area contributed by atoms with Gasteiger partial charge in [-0.15, -0.1) is 11.3 Å². The second-order valence-corrected chi connectivity index (χ2v) is 18.0. The number of rotatable bonds is 3. The van der Waals surface area contributed by atoms with Gasteiger partial charge in [0.15, 0.2) is 11.2 Å². The van der Waals surface area contributed by atoms with Gasteiger partial charge in [-0.05, 0) is 37.5 Å². The van der Waals surface area contributed by atoms with Crippen LogP contribution < -0.4 is 15.5 Å². The number of hydrogen-bond donors (Lipinski definition) is 4. The van der Waals surface area contributed by atoms with E-state index in [1.165, 1.54) is 39.2 Å². The molecule has 0 saturated heterocycles. The van der Waals surface area contributed by atoms with Gasteiger partial charge in [0.1, 0.15) is 17.5 Å². The number of ketones is 1. The van der Waals surface area contributed by atoms with Gasteiger partial charge < -0.3 is 39.6 Å². The molecule has 1 amide bonds. The number of allylic oxidation sites excluding steroid dienone is 2. The fourth-order valence-corrected chi connectivity index (χ4v) is 9.48. The van der Waals surface area contributed by atoms with Crippen molar-refractivity contribution >= 4 is 65.9 Å². The zero-order valence-corrected chi connectivity index (χ0v) is 37.3. The fraction of sp³-hybridized carbons (Fsp3) is 0.468. The smallest absolute Gasteiger partial charge is 0.302 e. The van der Waals surface area contributed by atoms with Crippen molar-refractivity contribution in [1.82, 2.24) is 4.98 Å². The average molecular weight is 857 g/mol. The van der Waals surface area contributed by atoms with Gasteiger partial charge >= 0.3 is 5.97 Å². The van der Waals surface area contributed by atoms with Crippen LogP contribution in [0.4, 0.5) is 5.69 Å². The number of carbonyl (C=O) groups excluding carboxylic acids is 3. The van der Waals surface area contributed by atoms with Gasteiger partial charge in [0.05, 0.1) is 56.3 Å². The number of benzene rings is 3. The summed E-state index contributed by atoms with van der Waals surface area (Å²) in [6.45, 7) is 16.9. The van der Waals surface area contributed by atoms with Crippen molar-refractivity contribution in [2.24, 2.45) is 23.7 Å². The van der Waals surface area contributed by atoms with E-state index < -0.39 is 82.7 Å². The van der Waals surface area contributed by atoms with Gasteiger partial charge in [-0.3, -0.25) is 19.2 Å². The summed E-state index contributed by atoms with van der Waals surface area (Å²) in [4.78, 5) is 60.2. The molecule has 326 valence electrons. The van der Waals surface area contributed by atoms with Gasteiger partial charge in [-0.1, -0.05) is 78.0 Å². The highest BCUT2D eigenvalue weighted by Crippen LogP contribution is 2.49. The molecule has 4 aromatic rings. The number of aliphatic hydroxyl groups excluding tert-OH is 2. The number of esters is 1. The molecule has 6 rings (SSSR count). The molecule has 14 heteroatoms. The molecule has 0 saturated carbocycles. The standard InChI is InChI=1S/C47H56N2O11S/c1-21(2)29-17-18-30-32(20-29)61-44-36(48-30)33-34-40(53)27(8)43-35(33)45(55)47(10,60-43)58-19-13-16-31(57-11)24(5)42(59-28(9)50)26(7)39(52)25(6)38(51)22(3)14-12-15-23(4)46(56)49-37(44)41(34)54/h12-18,20-22,24-26,31,38-39,42,51-52,54H,19H2,1-11H3,(H,49,56)/b14-12+,16-13+,23-15-/t22-,24+,25+,26+,31-,38-,39+,42+,47-/m0/s1. The van der Waals surface area contributed by atoms with Crippen LogP contribution in [0.25, 0.3) is 31.2 Å². The van der Waals surface area contributed by atoms with E-state index in [1.807, 2.05) is 25.1 Å². The zero-order chi connectivity index (χ0) is 44.8. The van der Waals surface area contributed by atoms with Crippen LogP contribution in [0.1, 0.15) is 89.7 Å². The molecule has 4 N–H and O–H groups in total. The molecular formula is C47H56N2O11S. The Bertz CT molecular complexity index is 2560. The highest BCUT2D eigenvalue weighted by molar-refractivity contribution is 7.25. The van der Waals surface area contributed by atoms with E-state index >= 15 is 0 Å². The van der Waals surface area contributed by atoms with Crippen LogP contribution in [0.3, 0.4) is 0 Å². The lowest BCUT2D eigenvalue weighted by molar-refractivity contribution is -0.160. The maximum absolute atomic E-state index is 14.6. The van der Waals surface area contributed by atoms with Gasteiger partial charge in [0.25, 0.3) is 11.7 Å². The normalized spacial score (nSPS) is 30.0. The number of fused-ring (bicyclic) bond motifs is 2. The molecule has 2 aliphatic heterocycles. The summed E-state index contributed by atoms with van der Waals surface area (Å²) in [6, 6.07) is 5.82. The number of carbonyl (C=O) groups is 3. The Hall–Kier alpha value is -4.99. The van der Waals surface area contributed by atoms with E-state index in [0.29, 0.717) is 10.2 Å². The zero-order valence-electron chi connectivity index (χ0n) is 36.5. The van der Waals surface area contributed by atoms with Crippen LogP contribution in [0.2, 0.25) is 0 Å². The van der Waals surface area contributed by atoms with Crippen LogP contribution >= 0.6 is 11.3 Å². The minimum Gasteiger partial charge on any atom is -0.505 e. The lowest BCUT2D eigenvalue weighted by Crippen LogP contribution is -2.46. The molecule has 0 unspecified atom stereocenters. The predicted octanol–water partition coefficient (Wildman–Crippen LogP) is 7.63. The molecule has 2 aliphatic rings. The first-order valence-electron chi connectivity index (χ1n) is 20.6. The molecule has 4 bridgehead atoms. The van der Waals surface area contributed by atoms with E-state index in [2.05, 4.69) is 19.2 Å². The molecule has 0 radical (unpaired) electrons. The minimum absolute atomic E-state index is 0.00857. The number of nitrogens with one attached hydrogen (secondary N) is 1. The van der Waals surface area contributed by atoms with E-state index in [1.54, 1.807) is 58.1 Å². The van der Waals surface area contributed by atoms with E-state index in [0.717, 1.165) is 10.3 Å². The Morgan fingerprint density at radius 1 is 1.02 bits per heavy atom. The molecular weight excluding hydrogens is 801 g/mol. The van der Waals surface area contributed by atoms with Crippen LogP contribution in [0.15, 0.2) is 58.9 Å². The average Bonchev–Trinajstić information content (AvgIpc) is 3.49. The highest BCUT2D eigenvalue weighted by Gasteiger charge is 2.49. The second-order valence-electron chi connectivity index (χ2n) is 16.9. The molecule has 0 spiro atoms. The minimum atomic E-state index is -1.90. The van der Waals surface area contributed by atoms with Crippen molar-refractivity contribution in [1.29, 1.82) is 0 Å². The monoisotopic (exact) mass is 856 g/mol. The molecule has 13 nitrogen and oxygen atoms in total. The largest absolute Gasteiger partial charge is 0.505 e. The number of ether oxygens (including phenoxy) is 4. The third kappa shape index (κ3) is 8.48. The Morgan fingerprint density at radius 3 is 2.38 bits per heavy atom. The first-order chi connectivity index (χ1) is 28.7. The number of phenols is 1. The number of Topliss-reactive ketones (excluding diaryl/α,β-unsaturated/α-hetero) is 1. The summed E-state index contributed by atoms with van der Waals surface area (Å²) in [7, 11) is 1.50.